The number of nitrogens with one attached hydrogen (secondary N) is 2. The van der Waals surface area contributed by atoms with E-state index in [1.54, 1.807) is 49.9 Å². The number of amides is 3. The molecule has 2 atom stereocenters. The van der Waals surface area contributed by atoms with Crippen LogP contribution in [0.4, 0.5) is 10.5 Å². The highest BCUT2D eigenvalue weighted by atomic mass is 32.1. The minimum absolute atomic E-state index is 0.0279. The molecule has 44 heavy (non-hydrogen) atoms. The number of fused-ring (bicyclic) bond motifs is 1. The molecule has 0 aromatic heterocycles. The lowest BCUT2D eigenvalue weighted by molar-refractivity contribution is -0.140. The molecule has 0 aliphatic heterocycles. The first-order valence-electron chi connectivity index (χ1n) is 15.3. The monoisotopic (exact) mass is 615 g/mol. The number of benzene rings is 3. The van der Waals surface area contributed by atoms with E-state index < -0.39 is 29.7 Å². The number of anilines is 1. The normalized spacial score (nSPS) is 12.5. The number of unbranched alkanes of at least 4 members (excludes halogenated alkanes) is 5. The van der Waals surface area contributed by atoms with E-state index in [4.69, 9.17) is 11.2 Å². The number of carbonyl (C=O) groups is 3. The third kappa shape index (κ3) is 10.3. The Kier molecular flexibility index (Phi) is 13.2. The molecular weight excluding hydrogens is 570 g/mol. The number of hydrogen-bond donors (Lipinski definition) is 3. The SMILES string of the molecule is C#Cc1ccc(C(C(=O)Nc2ccc3ccccc3c2)N(CCCCCCCC)C(=O)C(CS)NC(=O)OC(C)(C)C)cc1. The van der Waals surface area contributed by atoms with E-state index in [2.05, 4.69) is 36.1 Å². The van der Waals surface area contributed by atoms with Gasteiger partial charge in [-0.1, -0.05) is 87.4 Å². The number of nitrogens with zero attached hydrogens (tertiary/aromatic N) is 1. The fourth-order valence-corrected chi connectivity index (χ4v) is 5.22. The lowest BCUT2D eigenvalue weighted by Crippen LogP contribution is -2.53. The van der Waals surface area contributed by atoms with Gasteiger partial charge in [0.15, 0.2) is 0 Å². The van der Waals surface area contributed by atoms with Crippen LogP contribution in [0.5, 0.6) is 0 Å². The topological polar surface area (TPSA) is 87.7 Å². The third-order valence-corrected chi connectivity index (χ3v) is 7.54. The van der Waals surface area contributed by atoms with Gasteiger partial charge in [0.05, 0.1) is 0 Å². The maximum atomic E-state index is 14.2. The average molecular weight is 616 g/mol. The summed E-state index contributed by atoms with van der Waals surface area (Å²) in [6.07, 6.45) is 10.9. The van der Waals surface area contributed by atoms with E-state index in [-0.39, 0.29) is 11.7 Å². The molecule has 0 heterocycles. The van der Waals surface area contributed by atoms with E-state index in [0.717, 1.165) is 42.9 Å². The number of alkyl carbamates (subject to hydrolysis) is 1. The Morgan fingerprint density at radius 1 is 0.932 bits per heavy atom. The highest BCUT2D eigenvalue weighted by molar-refractivity contribution is 7.80. The molecule has 0 aliphatic rings. The Labute approximate surface area is 267 Å². The van der Waals surface area contributed by atoms with Gasteiger partial charge in [-0.05, 0) is 67.8 Å². The molecule has 3 rings (SSSR count). The molecule has 8 heteroatoms. The lowest BCUT2D eigenvalue weighted by Gasteiger charge is -2.34. The van der Waals surface area contributed by atoms with Crippen molar-refractivity contribution in [2.75, 3.05) is 17.6 Å². The second kappa shape index (κ2) is 16.8. The van der Waals surface area contributed by atoms with Gasteiger partial charge in [-0.25, -0.2) is 4.79 Å². The highest BCUT2D eigenvalue weighted by Crippen LogP contribution is 2.27. The van der Waals surface area contributed by atoms with Crippen LogP contribution in [0.1, 0.15) is 83.4 Å². The zero-order valence-electron chi connectivity index (χ0n) is 26.3. The van der Waals surface area contributed by atoms with Crippen LogP contribution < -0.4 is 10.6 Å². The van der Waals surface area contributed by atoms with Crippen molar-refractivity contribution in [2.24, 2.45) is 0 Å². The van der Waals surface area contributed by atoms with Gasteiger partial charge in [0.1, 0.15) is 17.7 Å². The molecule has 0 saturated carbocycles. The summed E-state index contributed by atoms with van der Waals surface area (Å²) in [5.74, 6) is 1.84. The summed E-state index contributed by atoms with van der Waals surface area (Å²) < 4.78 is 5.42. The predicted octanol–water partition coefficient (Wildman–Crippen LogP) is 7.51. The van der Waals surface area contributed by atoms with Crippen molar-refractivity contribution in [2.45, 2.75) is 83.9 Å². The van der Waals surface area contributed by atoms with Gasteiger partial charge in [-0.3, -0.25) is 9.59 Å². The van der Waals surface area contributed by atoms with Gasteiger partial charge in [-0.15, -0.1) is 6.42 Å². The predicted molar refractivity (Wildman–Crippen MR) is 182 cm³/mol. The average Bonchev–Trinajstić information content (AvgIpc) is 2.99. The second-order valence-corrected chi connectivity index (χ2v) is 12.3. The summed E-state index contributed by atoms with van der Waals surface area (Å²) in [6, 6.07) is 18.7. The fraction of sp³-hybridized carbons (Fsp3) is 0.417. The Hall–Kier alpha value is -3.96. The smallest absolute Gasteiger partial charge is 0.408 e. The molecule has 0 saturated heterocycles. The molecule has 0 bridgehead atoms. The molecule has 0 spiro atoms. The van der Waals surface area contributed by atoms with E-state index in [1.807, 2.05) is 42.5 Å². The minimum Gasteiger partial charge on any atom is -0.444 e. The van der Waals surface area contributed by atoms with Gasteiger partial charge in [0, 0.05) is 23.5 Å². The van der Waals surface area contributed by atoms with Crippen LogP contribution >= 0.6 is 12.6 Å². The molecule has 2 unspecified atom stereocenters. The summed E-state index contributed by atoms with van der Waals surface area (Å²) in [7, 11) is 0. The van der Waals surface area contributed by atoms with Crippen molar-refractivity contribution in [3.8, 4) is 12.3 Å². The van der Waals surface area contributed by atoms with Crippen LogP contribution in [-0.2, 0) is 14.3 Å². The lowest BCUT2D eigenvalue weighted by atomic mass is 10.0. The second-order valence-electron chi connectivity index (χ2n) is 11.9. The summed E-state index contributed by atoms with van der Waals surface area (Å²) in [5.41, 5.74) is 1.14. The number of terminal acetylenes is 1. The molecule has 0 radical (unpaired) electrons. The van der Waals surface area contributed by atoms with Gasteiger partial charge in [0.2, 0.25) is 5.91 Å². The molecule has 3 aromatic carbocycles. The van der Waals surface area contributed by atoms with Crippen molar-refractivity contribution in [1.29, 1.82) is 0 Å². The van der Waals surface area contributed by atoms with Crippen molar-refractivity contribution in [1.82, 2.24) is 10.2 Å². The largest absolute Gasteiger partial charge is 0.444 e. The quantitative estimate of drug-likeness (QED) is 0.0995. The molecule has 3 aromatic rings. The van der Waals surface area contributed by atoms with Crippen molar-refractivity contribution in [3.05, 3.63) is 77.9 Å². The first-order chi connectivity index (χ1) is 21.1. The van der Waals surface area contributed by atoms with Crippen LogP contribution in [0.15, 0.2) is 66.7 Å². The summed E-state index contributed by atoms with van der Waals surface area (Å²) in [6.45, 7) is 7.74. The summed E-state index contributed by atoms with van der Waals surface area (Å²) in [4.78, 5) is 42.6. The molecule has 0 aliphatic carbocycles. The maximum absolute atomic E-state index is 14.2. The van der Waals surface area contributed by atoms with E-state index in [0.29, 0.717) is 29.8 Å². The standard InChI is InChI=1S/C36H45N3O4S/c1-6-8-9-10-11-14-23-39(34(41)31(25-44)38-35(42)43-36(3,4)5)32(28-19-17-26(7-2)18-20-28)33(40)37-30-22-21-27-15-12-13-16-29(27)24-30/h2,12-13,15-22,24,31-32,44H,6,8-11,14,23,25H2,1,3-5H3,(H,37,40)(H,38,42). The van der Waals surface area contributed by atoms with Gasteiger partial charge < -0.3 is 20.3 Å². The summed E-state index contributed by atoms with van der Waals surface area (Å²) in [5, 5.41) is 7.74. The van der Waals surface area contributed by atoms with E-state index >= 15 is 0 Å². The van der Waals surface area contributed by atoms with Crippen molar-refractivity contribution < 1.29 is 19.1 Å². The minimum atomic E-state index is -1.01. The Morgan fingerprint density at radius 2 is 1.59 bits per heavy atom. The summed E-state index contributed by atoms with van der Waals surface area (Å²) >= 11 is 4.39. The van der Waals surface area contributed by atoms with Crippen LogP contribution in [0.2, 0.25) is 0 Å². The van der Waals surface area contributed by atoms with E-state index in [9.17, 15) is 14.4 Å². The van der Waals surface area contributed by atoms with Gasteiger partial charge in [0.25, 0.3) is 5.91 Å². The first kappa shape index (κ1) is 34.5. The van der Waals surface area contributed by atoms with Crippen LogP contribution in [0.3, 0.4) is 0 Å². The Bertz CT molecular complexity index is 1440. The molecule has 3 amide bonds. The number of carbonyl (C=O) groups excluding carboxylic acids is 3. The van der Waals surface area contributed by atoms with Gasteiger partial charge >= 0.3 is 6.09 Å². The zero-order chi connectivity index (χ0) is 32.1. The Balaban J connectivity index is 1.98. The number of rotatable bonds is 14. The highest BCUT2D eigenvalue weighted by Gasteiger charge is 2.35. The van der Waals surface area contributed by atoms with Crippen molar-refractivity contribution in [3.63, 3.8) is 0 Å². The maximum Gasteiger partial charge on any atom is 0.408 e. The number of hydrogen-bond acceptors (Lipinski definition) is 5. The number of ether oxygens (including phenoxy) is 1. The van der Waals surface area contributed by atoms with E-state index in [1.165, 1.54) is 0 Å². The molecule has 2 N–H and O–H groups in total. The Morgan fingerprint density at radius 3 is 2.23 bits per heavy atom. The molecule has 7 nitrogen and oxygen atoms in total. The molecule has 234 valence electrons. The number of thiol groups is 1. The van der Waals surface area contributed by atoms with Crippen LogP contribution in [-0.4, -0.2) is 46.7 Å². The zero-order valence-corrected chi connectivity index (χ0v) is 27.2. The first-order valence-corrected chi connectivity index (χ1v) is 16.0. The molecule has 0 fully saturated rings. The van der Waals surface area contributed by atoms with Gasteiger partial charge in [-0.2, -0.15) is 12.6 Å². The fourth-order valence-electron chi connectivity index (χ4n) is 4.98. The van der Waals surface area contributed by atoms with Crippen LogP contribution in [0, 0.1) is 12.3 Å². The van der Waals surface area contributed by atoms with Crippen molar-refractivity contribution >= 4 is 47.0 Å². The third-order valence-electron chi connectivity index (χ3n) is 7.18. The molecular formula is C36H45N3O4S. The van der Waals surface area contributed by atoms with Crippen LogP contribution in [0.25, 0.3) is 10.8 Å².